The van der Waals surface area contributed by atoms with Gasteiger partial charge < -0.3 is 153 Å². The molecule has 0 aromatic carbocycles. The first-order valence-electron chi connectivity index (χ1n) is 34.3. The van der Waals surface area contributed by atoms with Gasteiger partial charge in [0.25, 0.3) is 0 Å². The summed E-state index contributed by atoms with van der Waals surface area (Å²) in [6.07, 6.45) is -8.74. The number of rotatable bonds is 47. The fourth-order valence-electron chi connectivity index (χ4n) is 7.29. The van der Waals surface area contributed by atoms with Crippen LogP contribution in [0.25, 0.3) is 0 Å². The van der Waals surface area contributed by atoms with Gasteiger partial charge in [-0.2, -0.15) is 0 Å². The SMILES string of the molecule is CC.CCC(C=O)O[C@@H](C=O)OC.CCC(C=O)O[C@H](OC)C(O)C=O.CCC(CO)O[C@@H](CO)OC.CCC(CO)O[C@@H](COC(=O)CC(C)(C)CCC(=O)O)OCC(CO)O[C@@H](CO)OC.CCC(O[C@@H](C=O)OC)[C@@H](O)C=O.CCC1O[C@H](OC)C(O)[C@@H](O)[C@@H]1O.O=C1CCCC(=O)O1.[B].[H-].[Na+].[O-][I+3]([O-])([O-])[O-].[O-][I+3]([O-])([O-])[O-]. The fraction of sp³-hybridized carbons (Fsp3) is 0.846. The van der Waals surface area contributed by atoms with Crippen molar-refractivity contribution in [3.05, 3.63) is 0 Å². The van der Waals surface area contributed by atoms with Crippen molar-refractivity contribution in [1.29, 1.82) is 0 Å². The van der Waals surface area contributed by atoms with Crippen LogP contribution in [-0.4, -0.2) is 332 Å². The van der Waals surface area contributed by atoms with Crippen LogP contribution >= 0.6 is 0 Å². The number of carboxylic acid groups (broad SMARTS) is 1. The van der Waals surface area contributed by atoms with Crippen molar-refractivity contribution in [3.63, 3.8) is 0 Å². The predicted molar refractivity (Wildman–Crippen MR) is 362 cm³/mol. The van der Waals surface area contributed by atoms with Gasteiger partial charge in [-0.15, -0.1) is 0 Å². The average Bonchev–Trinajstić information content (AvgIpc) is 0.816. The Morgan fingerprint density at radius 1 is 0.544 bits per heavy atom. The van der Waals surface area contributed by atoms with Gasteiger partial charge in [0.05, 0.1) is 70.5 Å². The fourth-order valence-corrected chi connectivity index (χ4v) is 7.29. The summed E-state index contributed by atoms with van der Waals surface area (Å²) in [5.41, 5.74) is -0.557. The number of cyclic esters (lactones) is 2. The first-order valence-corrected chi connectivity index (χ1v) is 41.4. The zero-order valence-electron chi connectivity index (χ0n) is 68.5. The number of carboxylic acids is 1. The number of hydrogen-bond acceptors (Lipinski definition) is 44. The third-order valence-electron chi connectivity index (χ3n) is 13.5. The van der Waals surface area contributed by atoms with Gasteiger partial charge in [-0.25, -0.2) is 0 Å². The third-order valence-corrected chi connectivity index (χ3v) is 13.5. The largest absolute Gasteiger partial charge is 1.00 e. The number of aliphatic hydroxyl groups is 10. The number of ether oxygens (including phenoxy) is 16. The van der Waals surface area contributed by atoms with Crippen molar-refractivity contribution >= 4 is 70.0 Å². The van der Waals surface area contributed by atoms with E-state index in [0.717, 1.165) is 0 Å². The molecule has 2 fully saturated rings. The first-order chi connectivity index (χ1) is 52.4. The summed E-state index contributed by atoms with van der Waals surface area (Å²) in [6.45, 7) is 16.6. The molecule has 19 atom stereocenters. The molecule has 3 radical (unpaired) electrons. The topological polar surface area (TPSA) is 725 Å². The Morgan fingerprint density at radius 2 is 0.956 bits per heavy atom. The Kier molecular flexibility index (Phi) is 97.2. The summed E-state index contributed by atoms with van der Waals surface area (Å²) in [5, 5.41) is 100. The van der Waals surface area contributed by atoms with E-state index in [1.54, 1.807) is 41.5 Å². The van der Waals surface area contributed by atoms with E-state index in [2.05, 4.69) is 18.9 Å². The smallest absolute Gasteiger partial charge is 1.00 e. The van der Waals surface area contributed by atoms with E-state index in [0.29, 0.717) is 102 Å². The van der Waals surface area contributed by atoms with Gasteiger partial charge in [-0.05, 0) is 56.8 Å². The number of carbonyl (C=O) groups is 10. The molecular weight excluding hydrogens is 1790 g/mol. The molecule has 2 aliphatic rings. The van der Waals surface area contributed by atoms with Crippen LogP contribution in [0, 0.1) is 5.41 Å². The van der Waals surface area contributed by atoms with Crippen LogP contribution < -0.4 is 97.2 Å². The molecule has 49 heteroatoms. The molecule has 0 spiro atoms. The van der Waals surface area contributed by atoms with Crippen LogP contribution in [0.3, 0.4) is 0 Å². The molecule has 2 saturated heterocycles. The third kappa shape index (κ3) is 80.4. The Labute approximate surface area is 702 Å². The molecule has 2 aliphatic heterocycles. The Hall–Kier alpha value is -2.66. The first kappa shape index (κ1) is 132. The normalized spacial score (nSPS) is 19.2. The Bertz CT molecular complexity index is 2160. The molecule has 2 heterocycles. The van der Waals surface area contributed by atoms with Gasteiger partial charge >= 0.3 is 53.4 Å². The summed E-state index contributed by atoms with van der Waals surface area (Å²) in [7, 11) is 8.10. The minimum absolute atomic E-state index is 0. The zero-order chi connectivity index (χ0) is 88.8. The summed E-state index contributed by atoms with van der Waals surface area (Å²) in [4.78, 5) is 105. The maximum absolute atomic E-state index is 12.2. The molecule has 673 valence electrons. The monoisotopic (exact) mass is 1910 g/mol. The van der Waals surface area contributed by atoms with Crippen LogP contribution in [0.1, 0.15) is 148 Å². The molecule has 0 aliphatic carbocycles. The molecule has 11 N–H and O–H groups in total. The van der Waals surface area contributed by atoms with Crippen LogP contribution in [0.2, 0.25) is 0 Å². The Balaban J connectivity index is -0.000000123. The zero-order valence-corrected chi connectivity index (χ0v) is 73.8. The van der Waals surface area contributed by atoms with Crippen molar-refractivity contribution in [1.82, 2.24) is 0 Å². The van der Waals surface area contributed by atoms with E-state index in [-0.39, 0.29) is 103 Å². The molecule has 114 heavy (non-hydrogen) atoms. The van der Waals surface area contributed by atoms with E-state index >= 15 is 0 Å². The number of aliphatic hydroxyl groups excluding tert-OH is 10. The molecule has 9 unspecified atom stereocenters. The molecule has 0 saturated carbocycles. The van der Waals surface area contributed by atoms with Crippen LogP contribution in [0.4, 0.5) is 0 Å². The molecule has 0 amide bonds. The molecule has 0 bridgehead atoms. The van der Waals surface area contributed by atoms with Crippen molar-refractivity contribution in [3.8, 4) is 0 Å². The number of methoxy groups -OCH3 is 6. The van der Waals surface area contributed by atoms with Crippen LogP contribution in [0.5, 0.6) is 0 Å². The maximum atomic E-state index is 12.2. The quantitative estimate of drug-likeness (QED) is 0.00673. The minimum Gasteiger partial charge on any atom is -1.00 e. The van der Waals surface area contributed by atoms with Crippen LogP contribution in [0.15, 0.2) is 0 Å². The predicted octanol–water partition coefficient (Wildman–Crippen LogP) is -19.5. The number of hydrogen-bond donors (Lipinski definition) is 11. The van der Waals surface area contributed by atoms with Gasteiger partial charge in [-0.1, -0.05) is 69.2 Å². The Morgan fingerprint density at radius 3 is 1.26 bits per heavy atom. The number of aldehydes is 6. The second-order valence-corrected chi connectivity index (χ2v) is 26.8. The summed E-state index contributed by atoms with van der Waals surface area (Å²) < 4.78 is 148. The summed E-state index contributed by atoms with van der Waals surface area (Å²) >= 11 is -11.9. The van der Waals surface area contributed by atoms with Crippen molar-refractivity contribution in [2.75, 3.05) is 88.9 Å². The van der Waals surface area contributed by atoms with Gasteiger partial charge in [0, 0.05) is 70.3 Å². The number of halogens is 2. The minimum atomic E-state index is -5.94. The van der Waals surface area contributed by atoms with E-state index in [1.807, 2.05) is 27.7 Å². The second kappa shape index (κ2) is 84.0. The molecule has 0 aromatic rings. The van der Waals surface area contributed by atoms with Gasteiger partial charge in [-0.3, -0.25) is 56.3 Å². The number of esters is 3. The van der Waals surface area contributed by atoms with Crippen molar-refractivity contribution < 1.29 is 279 Å². The standard InChI is InChI=1S/C20H38O11.C8H16O5.2C8H14O5.C7H16O4.C7H12O4.C5H6O3.C2H6.B.2IO4.Na.H/c1-5-14(9-21)30-19(29-12-15(10-22)31-18(11-23)27-4)13-28-17(26)8-20(2,3)7-6-16(24)25;1-3-4-5(9)6(10)7(11)8(12-2)13-4;1-3-7(6(11)4-9)13-8(5-10)12-2;1-3-6(4-9)13-8(12-2)7(11)5-10;2*1-3-6(4-8)11-7(5-9)10-2;6-4-2-1-3-5(7)8-4;1-2;;2*2-1(3,4)5;;/h14-15,18-19,21-23H,5-13H2,1-4H3,(H,24,25);4-11H,3H2,1-2H3;2*4-8,11H,3H2,1-2H3;6-9H,3-5H2,1-2H3;4-7H,3H2,1-2H3;1-3H2;1-2H3;;;;;/q;;;;;;;;;2*-1;+1;-1/t14?,15?,18-,19-;4?,5-,6+,7?,8+;6-,7?,8-;6?,7?,8-;2*6?,7-;;;;;;;/m010000......./s1. The van der Waals surface area contributed by atoms with E-state index < -0.39 is 182 Å². The number of carbonyl (C=O) groups excluding carboxylic acids is 9. The van der Waals surface area contributed by atoms with Gasteiger partial charge in [0.2, 0.25) is 12.6 Å². The van der Waals surface area contributed by atoms with E-state index in [4.69, 9.17) is 115 Å². The molecule has 2 rings (SSSR count). The molecule has 45 nitrogen and oxygen atoms in total. The van der Waals surface area contributed by atoms with Gasteiger partial charge in [0.15, 0.2) is 62.7 Å². The van der Waals surface area contributed by atoms with Crippen LogP contribution in [-0.2, 0) is 124 Å². The van der Waals surface area contributed by atoms with E-state index in [9.17, 15) is 73.5 Å². The second-order valence-electron chi connectivity index (χ2n) is 22.5. The molecule has 0 aromatic heterocycles. The molecular formula is C65H123BI2NaO45-2. The van der Waals surface area contributed by atoms with Crippen molar-refractivity contribution in [2.24, 2.45) is 5.41 Å². The average molecular weight is 1910 g/mol. The van der Waals surface area contributed by atoms with Gasteiger partial charge in [0.1, 0.15) is 102 Å². The maximum Gasteiger partial charge on any atom is 1.00 e. The number of aliphatic carboxylic acids is 1. The summed E-state index contributed by atoms with van der Waals surface area (Å²) in [6, 6.07) is 0. The summed E-state index contributed by atoms with van der Waals surface area (Å²) in [5.74, 6) is -2.25. The van der Waals surface area contributed by atoms with Crippen molar-refractivity contribution in [2.45, 2.75) is 264 Å². The van der Waals surface area contributed by atoms with E-state index in [1.165, 1.54) is 42.7 Å².